The first-order chi connectivity index (χ1) is 19.6. The van der Waals surface area contributed by atoms with Crippen LogP contribution in [0.4, 0.5) is 0 Å². The van der Waals surface area contributed by atoms with Gasteiger partial charge >= 0.3 is 5.97 Å². The lowest BCUT2D eigenvalue weighted by atomic mass is 9.97. The van der Waals surface area contributed by atoms with E-state index in [4.69, 9.17) is 4.74 Å². The van der Waals surface area contributed by atoms with E-state index in [1.165, 1.54) is 28.8 Å². The van der Waals surface area contributed by atoms with E-state index in [9.17, 15) is 33.9 Å². The van der Waals surface area contributed by atoms with Crippen LogP contribution in [0.2, 0.25) is 0 Å². The Hall–Kier alpha value is -3.22. The molecule has 0 aromatic rings. The number of nitrogens with zero attached hydrogens (tertiary/aromatic N) is 3. The number of amides is 5. The summed E-state index contributed by atoms with van der Waals surface area (Å²) >= 11 is 0. The first-order valence-corrected chi connectivity index (χ1v) is 14.8. The Morgan fingerprint density at radius 3 is 2.12 bits per heavy atom. The van der Waals surface area contributed by atoms with Crippen LogP contribution in [0.3, 0.4) is 0 Å². The second kappa shape index (κ2) is 15.3. The third-order valence-electron chi connectivity index (χ3n) is 8.13. The van der Waals surface area contributed by atoms with Crippen molar-refractivity contribution >= 4 is 35.5 Å². The van der Waals surface area contributed by atoms with E-state index in [2.05, 4.69) is 10.6 Å². The maximum atomic E-state index is 13.8. The number of aliphatic hydroxyl groups is 1. The van der Waals surface area contributed by atoms with E-state index in [1.54, 1.807) is 41.5 Å². The quantitative estimate of drug-likeness (QED) is 0.371. The van der Waals surface area contributed by atoms with Gasteiger partial charge < -0.3 is 35.2 Å². The lowest BCUT2D eigenvalue weighted by molar-refractivity contribution is -0.162. The molecule has 2 aliphatic rings. The largest absolute Gasteiger partial charge is 0.452 e. The van der Waals surface area contributed by atoms with Gasteiger partial charge in [-0.15, -0.1) is 0 Å². The molecule has 238 valence electrons. The Morgan fingerprint density at radius 1 is 0.905 bits per heavy atom. The van der Waals surface area contributed by atoms with Gasteiger partial charge in [-0.05, 0) is 43.9 Å². The van der Waals surface area contributed by atoms with E-state index in [-0.39, 0.29) is 50.3 Å². The van der Waals surface area contributed by atoms with Crippen molar-refractivity contribution < 1.29 is 38.6 Å². The molecule has 13 nitrogen and oxygen atoms in total. The van der Waals surface area contributed by atoms with Gasteiger partial charge in [0.2, 0.25) is 23.6 Å². The highest BCUT2D eigenvalue weighted by Gasteiger charge is 2.42. The number of nitrogens with one attached hydrogen (secondary N) is 2. The molecule has 3 N–H and O–H groups in total. The number of fused-ring (bicyclic) bond motifs is 1. The maximum Gasteiger partial charge on any atom is 0.308 e. The number of ether oxygens (including phenoxy) is 1. The molecular weight excluding hydrogens is 546 g/mol. The van der Waals surface area contributed by atoms with E-state index in [0.29, 0.717) is 12.8 Å². The minimum absolute atomic E-state index is 0.0523. The third kappa shape index (κ3) is 8.42. The first kappa shape index (κ1) is 35.0. The van der Waals surface area contributed by atoms with Crippen LogP contribution in [0.25, 0.3) is 0 Å². The van der Waals surface area contributed by atoms with E-state index in [1.807, 2.05) is 0 Å². The van der Waals surface area contributed by atoms with Gasteiger partial charge in [0.05, 0.1) is 6.42 Å². The van der Waals surface area contributed by atoms with Gasteiger partial charge in [0, 0.05) is 33.8 Å². The van der Waals surface area contributed by atoms with Crippen molar-refractivity contribution in [1.82, 2.24) is 25.3 Å². The molecule has 0 aromatic carbocycles. The topological polar surface area (TPSA) is 166 Å². The monoisotopic (exact) mass is 595 g/mol. The Balaban J connectivity index is 2.51. The average molecular weight is 596 g/mol. The van der Waals surface area contributed by atoms with Crippen LogP contribution in [0.1, 0.15) is 67.2 Å². The molecule has 0 saturated carbocycles. The average Bonchev–Trinajstić information content (AvgIpc) is 3.43. The summed E-state index contributed by atoms with van der Waals surface area (Å²) in [6, 6.07) is -3.68. The standard InChI is InChI=1S/C29H49N5O8/c1-16(2)23-28(40)33(8)24(17(3)4)29(41)32(7)19(6)25(37)30-12-11-22(36)42-21(14-18(5)15-35)27(39)34-13-9-10-20(34)26(38)31-23/h16-21,23-24,35H,9-15H2,1-8H3,(H,30,37)(H,31,38)/t18-,19-,20-,21-,23-,24-/m0/s1. The molecule has 5 amide bonds. The fourth-order valence-electron chi connectivity index (χ4n) is 5.37. The van der Waals surface area contributed by atoms with Crippen LogP contribution >= 0.6 is 0 Å². The summed E-state index contributed by atoms with van der Waals surface area (Å²) in [5, 5.41) is 15.0. The van der Waals surface area contributed by atoms with Crippen molar-refractivity contribution in [2.45, 2.75) is 97.5 Å². The molecule has 2 heterocycles. The lowest BCUT2D eigenvalue weighted by Gasteiger charge is -2.37. The van der Waals surface area contributed by atoms with Crippen LogP contribution in [-0.2, 0) is 33.5 Å². The fraction of sp³-hybridized carbons (Fsp3) is 0.793. The molecule has 0 unspecified atom stereocenters. The minimum atomic E-state index is -1.23. The van der Waals surface area contributed by atoms with Crippen molar-refractivity contribution in [3.8, 4) is 0 Å². The third-order valence-corrected chi connectivity index (χ3v) is 8.13. The first-order valence-electron chi connectivity index (χ1n) is 14.8. The summed E-state index contributed by atoms with van der Waals surface area (Å²) < 4.78 is 5.53. The van der Waals surface area contributed by atoms with Crippen molar-refractivity contribution in [2.24, 2.45) is 17.8 Å². The second-order valence-corrected chi connectivity index (χ2v) is 12.2. The van der Waals surface area contributed by atoms with Gasteiger partial charge in [0.25, 0.3) is 5.91 Å². The highest BCUT2D eigenvalue weighted by molar-refractivity contribution is 5.96. The van der Waals surface area contributed by atoms with Gasteiger partial charge in [-0.2, -0.15) is 0 Å². The number of cyclic esters (lactones) is 1. The number of hydrogen-bond donors (Lipinski definition) is 3. The molecule has 0 spiro atoms. The molecule has 0 radical (unpaired) electrons. The zero-order chi connectivity index (χ0) is 31.9. The Kier molecular flexibility index (Phi) is 12.7. The Morgan fingerprint density at radius 2 is 1.55 bits per heavy atom. The molecule has 2 aliphatic heterocycles. The highest BCUT2D eigenvalue weighted by Crippen LogP contribution is 2.23. The van der Waals surface area contributed by atoms with Crippen LogP contribution < -0.4 is 10.6 Å². The van der Waals surface area contributed by atoms with Gasteiger partial charge in [0.1, 0.15) is 24.2 Å². The van der Waals surface area contributed by atoms with Crippen LogP contribution in [0, 0.1) is 17.8 Å². The highest BCUT2D eigenvalue weighted by atomic mass is 16.5. The SMILES string of the molecule is CC(C)[C@@H]1NC(=O)[C@@H]2CCCN2C(=O)[C@H](C[C@H](C)CO)OC(=O)CCNC(=O)[C@H](C)N(C)C(=O)[C@H](C(C)C)N(C)C1=O. The van der Waals surface area contributed by atoms with Gasteiger partial charge in [0.15, 0.2) is 6.10 Å². The zero-order valence-corrected chi connectivity index (χ0v) is 26.2. The zero-order valence-electron chi connectivity index (χ0n) is 26.2. The minimum Gasteiger partial charge on any atom is -0.452 e. The Labute approximate surface area is 248 Å². The van der Waals surface area contributed by atoms with Crippen molar-refractivity contribution in [2.75, 3.05) is 33.8 Å². The number of aliphatic hydroxyl groups excluding tert-OH is 1. The lowest BCUT2D eigenvalue weighted by Crippen LogP contribution is -2.60. The summed E-state index contributed by atoms with van der Waals surface area (Å²) in [5.74, 6) is -4.19. The Bertz CT molecular complexity index is 1020. The van der Waals surface area contributed by atoms with E-state index in [0.717, 1.165) is 0 Å². The van der Waals surface area contributed by atoms with Gasteiger partial charge in [-0.1, -0.05) is 34.6 Å². The number of carbonyl (C=O) groups is 6. The van der Waals surface area contributed by atoms with Crippen molar-refractivity contribution in [3.63, 3.8) is 0 Å². The van der Waals surface area contributed by atoms with Crippen LogP contribution in [0.15, 0.2) is 0 Å². The molecule has 42 heavy (non-hydrogen) atoms. The van der Waals surface area contributed by atoms with E-state index >= 15 is 0 Å². The second-order valence-electron chi connectivity index (χ2n) is 12.2. The molecule has 0 aromatic heterocycles. The molecule has 2 saturated heterocycles. The number of carbonyl (C=O) groups excluding carboxylic acids is 6. The fourth-order valence-corrected chi connectivity index (χ4v) is 5.37. The summed E-state index contributed by atoms with van der Waals surface area (Å²) in [6.07, 6.45) is -0.491. The summed E-state index contributed by atoms with van der Waals surface area (Å²) in [5.41, 5.74) is 0. The van der Waals surface area contributed by atoms with Crippen LogP contribution in [-0.4, -0.2) is 119 Å². The maximum absolute atomic E-state index is 13.8. The number of hydrogen-bond acceptors (Lipinski definition) is 8. The summed E-state index contributed by atoms with van der Waals surface area (Å²) in [7, 11) is 2.99. The van der Waals surface area contributed by atoms with Crippen LogP contribution in [0.5, 0.6) is 0 Å². The number of esters is 1. The number of likely N-dealkylation sites (N-methyl/N-ethyl adjacent to an activating group) is 2. The molecule has 2 rings (SSSR count). The molecule has 6 atom stereocenters. The smallest absolute Gasteiger partial charge is 0.308 e. The molecule has 2 fully saturated rings. The predicted octanol–water partition coefficient (Wildman–Crippen LogP) is -0.102. The molecular formula is C29H49N5O8. The van der Waals surface area contributed by atoms with Gasteiger partial charge in [-0.25, -0.2) is 0 Å². The summed E-state index contributed by atoms with van der Waals surface area (Å²) in [6.45, 7) is 10.4. The van der Waals surface area contributed by atoms with Crippen molar-refractivity contribution in [3.05, 3.63) is 0 Å². The van der Waals surface area contributed by atoms with Gasteiger partial charge in [-0.3, -0.25) is 28.8 Å². The normalized spacial score (nSPS) is 28.6. The van der Waals surface area contributed by atoms with Crippen molar-refractivity contribution in [1.29, 1.82) is 0 Å². The predicted molar refractivity (Wildman–Crippen MR) is 154 cm³/mol. The molecule has 0 aliphatic carbocycles. The molecule has 0 bridgehead atoms. The number of rotatable bonds is 5. The van der Waals surface area contributed by atoms with E-state index < -0.39 is 65.8 Å². The summed E-state index contributed by atoms with van der Waals surface area (Å²) in [4.78, 5) is 84.1. The molecule has 13 heteroatoms.